The lowest BCUT2D eigenvalue weighted by Gasteiger charge is -2.16. The van der Waals surface area contributed by atoms with E-state index >= 15 is 0 Å². The molecule has 0 aliphatic carbocycles. The van der Waals surface area contributed by atoms with Crippen LogP contribution in [0.2, 0.25) is 0 Å². The molecule has 28 heavy (non-hydrogen) atoms. The molecule has 1 aromatic carbocycles. The maximum Gasteiger partial charge on any atom is 0.259 e. The molecular weight excluding hydrogens is 358 g/mol. The van der Waals surface area contributed by atoms with Crippen LogP contribution in [0.4, 0.5) is 5.82 Å². The minimum absolute atomic E-state index is 0.446. The Bertz CT molecular complexity index is 1010. The average Bonchev–Trinajstić information content (AvgIpc) is 3.41. The highest BCUT2D eigenvalue weighted by Gasteiger charge is 2.12. The van der Waals surface area contributed by atoms with E-state index in [4.69, 9.17) is 13.8 Å². The molecule has 0 saturated carbocycles. The van der Waals surface area contributed by atoms with Crippen molar-refractivity contribution in [2.45, 2.75) is 13.0 Å². The number of ether oxygens (including phenoxy) is 1. The second-order valence-electron chi connectivity index (χ2n) is 6.29. The fourth-order valence-corrected chi connectivity index (χ4v) is 2.75. The average molecular weight is 377 g/mol. The van der Waals surface area contributed by atoms with Crippen molar-refractivity contribution < 1.29 is 13.8 Å². The molecule has 0 bridgehead atoms. The molecule has 0 aliphatic heterocycles. The molecule has 8 nitrogen and oxygen atoms in total. The highest BCUT2D eigenvalue weighted by Crippen LogP contribution is 2.21. The van der Waals surface area contributed by atoms with E-state index in [1.807, 2.05) is 54.4 Å². The third-order valence-corrected chi connectivity index (χ3v) is 4.27. The molecule has 0 radical (unpaired) electrons. The van der Waals surface area contributed by atoms with E-state index in [1.165, 1.54) is 0 Å². The molecule has 0 amide bonds. The lowest BCUT2D eigenvalue weighted by atomic mass is 10.1. The van der Waals surface area contributed by atoms with E-state index in [1.54, 1.807) is 19.6 Å². The summed E-state index contributed by atoms with van der Waals surface area (Å²) in [4.78, 5) is 10.9. The highest BCUT2D eigenvalue weighted by molar-refractivity contribution is 5.54. The fraction of sp³-hybridized carbons (Fsp3) is 0.200. The summed E-state index contributed by atoms with van der Waals surface area (Å²) < 4.78 is 15.4. The molecule has 142 valence electrons. The second kappa shape index (κ2) is 7.91. The Kier molecular flexibility index (Phi) is 5.01. The number of hydrogen-bond donors (Lipinski definition) is 0. The van der Waals surface area contributed by atoms with Gasteiger partial charge in [0, 0.05) is 25.7 Å². The Hall–Kier alpha value is -3.68. The van der Waals surface area contributed by atoms with Gasteiger partial charge in [0.1, 0.15) is 23.5 Å². The molecule has 3 heterocycles. The van der Waals surface area contributed by atoms with E-state index < -0.39 is 0 Å². The summed E-state index contributed by atoms with van der Waals surface area (Å²) in [5.74, 6) is 2.69. The van der Waals surface area contributed by atoms with Crippen LogP contribution in [-0.2, 0) is 13.0 Å². The van der Waals surface area contributed by atoms with Gasteiger partial charge >= 0.3 is 0 Å². The summed E-state index contributed by atoms with van der Waals surface area (Å²) in [6, 6.07) is 13.4. The summed E-state index contributed by atoms with van der Waals surface area (Å²) in [6.45, 7) is 0.607. The number of benzene rings is 1. The molecule has 0 fully saturated rings. The van der Waals surface area contributed by atoms with E-state index in [9.17, 15) is 0 Å². The van der Waals surface area contributed by atoms with Crippen LogP contribution in [0.1, 0.15) is 17.1 Å². The van der Waals surface area contributed by atoms with E-state index in [0.717, 1.165) is 28.4 Å². The standard InChI is InChI=1S/C20H19N5O3/c1-25(13-16-9-10-27-23-16)19-8-5-15(12-21-19)20-22-18(24-28-20)11-14-3-6-17(26-2)7-4-14/h3-10,12H,11,13H2,1-2H3. The number of rotatable bonds is 7. The normalized spacial score (nSPS) is 10.8. The van der Waals surface area contributed by atoms with Crippen LogP contribution in [0.3, 0.4) is 0 Å². The Labute approximate surface area is 161 Å². The van der Waals surface area contributed by atoms with Crippen molar-refractivity contribution in [2.75, 3.05) is 19.1 Å². The summed E-state index contributed by atoms with van der Waals surface area (Å²) in [7, 11) is 3.59. The van der Waals surface area contributed by atoms with Gasteiger partial charge in [0.15, 0.2) is 5.82 Å². The van der Waals surface area contributed by atoms with Crippen LogP contribution in [0, 0.1) is 0 Å². The van der Waals surface area contributed by atoms with Crippen LogP contribution in [0.15, 0.2) is 64.0 Å². The van der Waals surface area contributed by atoms with Gasteiger partial charge in [0.2, 0.25) is 0 Å². The van der Waals surface area contributed by atoms with Gasteiger partial charge in [-0.15, -0.1) is 0 Å². The number of pyridine rings is 1. The van der Waals surface area contributed by atoms with Crippen LogP contribution < -0.4 is 9.64 Å². The Morgan fingerprint density at radius 2 is 1.89 bits per heavy atom. The van der Waals surface area contributed by atoms with Gasteiger partial charge in [-0.2, -0.15) is 4.98 Å². The first-order chi connectivity index (χ1) is 13.7. The van der Waals surface area contributed by atoms with Crippen molar-refractivity contribution in [1.82, 2.24) is 20.3 Å². The first-order valence-corrected chi connectivity index (χ1v) is 8.73. The molecule has 3 aromatic heterocycles. The molecule has 0 atom stereocenters. The van der Waals surface area contributed by atoms with Crippen LogP contribution >= 0.6 is 0 Å². The van der Waals surface area contributed by atoms with E-state index in [0.29, 0.717) is 24.7 Å². The molecular formula is C20H19N5O3. The molecule has 4 rings (SSSR count). The van der Waals surface area contributed by atoms with Crippen molar-refractivity contribution >= 4 is 5.82 Å². The summed E-state index contributed by atoms with van der Waals surface area (Å²) in [6.07, 6.45) is 3.86. The molecule has 8 heteroatoms. The second-order valence-corrected chi connectivity index (χ2v) is 6.29. The molecule has 0 N–H and O–H groups in total. The third-order valence-electron chi connectivity index (χ3n) is 4.27. The zero-order valence-electron chi connectivity index (χ0n) is 15.6. The van der Waals surface area contributed by atoms with Crippen molar-refractivity contribution in [2.24, 2.45) is 0 Å². The lowest BCUT2D eigenvalue weighted by Crippen LogP contribution is -2.17. The number of hydrogen-bond acceptors (Lipinski definition) is 8. The van der Waals surface area contributed by atoms with Crippen molar-refractivity contribution in [1.29, 1.82) is 0 Å². The van der Waals surface area contributed by atoms with E-state index in [-0.39, 0.29) is 0 Å². The minimum atomic E-state index is 0.446. The van der Waals surface area contributed by atoms with Crippen LogP contribution in [0.25, 0.3) is 11.5 Å². The topological polar surface area (TPSA) is 90.3 Å². The minimum Gasteiger partial charge on any atom is -0.497 e. The molecule has 4 aromatic rings. The quantitative estimate of drug-likeness (QED) is 0.484. The molecule has 0 spiro atoms. The lowest BCUT2D eigenvalue weighted by molar-refractivity contribution is 0.411. The van der Waals surface area contributed by atoms with Gasteiger partial charge in [-0.05, 0) is 29.8 Å². The summed E-state index contributed by atoms with van der Waals surface area (Å²) in [5, 5.41) is 7.97. The number of nitrogens with zero attached hydrogens (tertiary/aromatic N) is 5. The maximum atomic E-state index is 5.39. The molecule has 0 saturated heterocycles. The first-order valence-electron chi connectivity index (χ1n) is 8.73. The van der Waals surface area contributed by atoms with Gasteiger partial charge in [0.05, 0.1) is 19.2 Å². The Morgan fingerprint density at radius 3 is 2.57 bits per heavy atom. The van der Waals surface area contributed by atoms with Crippen molar-refractivity contribution in [3.8, 4) is 17.2 Å². The summed E-state index contributed by atoms with van der Waals surface area (Å²) in [5.41, 5.74) is 2.69. The predicted molar refractivity (Wildman–Crippen MR) is 102 cm³/mol. The monoisotopic (exact) mass is 377 g/mol. The smallest absolute Gasteiger partial charge is 0.259 e. The zero-order valence-corrected chi connectivity index (χ0v) is 15.6. The zero-order chi connectivity index (χ0) is 19.3. The number of aromatic nitrogens is 4. The highest BCUT2D eigenvalue weighted by atomic mass is 16.5. The predicted octanol–water partition coefficient (Wildman–Crippen LogP) is 3.36. The van der Waals surface area contributed by atoms with Crippen molar-refractivity contribution in [3.05, 3.63) is 72.0 Å². The largest absolute Gasteiger partial charge is 0.497 e. The fourth-order valence-electron chi connectivity index (χ4n) is 2.75. The molecule has 0 aliphatic rings. The van der Waals surface area contributed by atoms with Gasteiger partial charge in [-0.25, -0.2) is 4.98 Å². The van der Waals surface area contributed by atoms with Gasteiger partial charge in [-0.1, -0.05) is 22.4 Å². The Balaban J connectivity index is 1.43. The number of anilines is 1. The SMILES string of the molecule is COc1ccc(Cc2noc(-c3ccc(N(C)Cc4ccon4)nc3)n2)cc1. The Morgan fingerprint density at radius 1 is 1.04 bits per heavy atom. The van der Waals surface area contributed by atoms with Gasteiger partial charge < -0.3 is 18.7 Å². The third kappa shape index (κ3) is 4.01. The maximum absolute atomic E-state index is 5.39. The number of methoxy groups -OCH3 is 1. The van der Waals surface area contributed by atoms with Crippen LogP contribution in [-0.4, -0.2) is 34.4 Å². The van der Waals surface area contributed by atoms with Gasteiger partial charge in [-0.3, -0.25) is 0 Å². The van der Waals surface area contributed by atoms with Crippen molar-refractivity contribution in [3.63, 3.8) is 0 Å². The molecule has 0 unspecified atom stereocenters. The van der Waals surface area contributed by atoms with E-state index in [2.05, 4.69) is 20.3 Å². The first kappa shape index (κ1) is 17.7. The van der Waals surface area contributed by atoms with Crippen LogP contribution in [0.5, 0.6) is 5.75 Å². The summed E-state index contributed by atoms with van der Waals surface area (Å²) >= 11 is 0. The van der Waals surface area contributed by atoms with Gasteiger partial charge in [0.25, 0.3) is 5.89 Å².